The molecule has 3 nitrogen and oxygen atoms in total. The zero-order valence-electron chi connectivity index (χ0n) is 8.95. The third-order valence-electron chi connectivity index (χ3n) is 2.11. The number of amides is 1. The van der Waals surface area contributed by atoms with Gasteiger partial charge in [-0.25, -0.2) is 9.37 Å². The summed E-state index contributed by atoms with van der Waals surface area (Å²) in [4.78, 5) is 15.7. The molecule has 92 valence electrons. The number of hydrogen-bond acceptors (Lipinski definition) is 2. The van der Waals surface area contributed by atoms with E-state index in [1.807, 2.05) is 0 Å². The Bertz CT molecular complexity index is 604. The number of carbonyl (C=O) groups excluding carboxylic acids is 1. The molecule has 0 aliphatic heterocycles. The lowest BCUT2D eigenvalue weighted by Gasteiger charge is -2.06. The summed E-state index contributed by atoms with van der Waals surface area (Å²) < 4.78 is 12.9. The first kappa shape index (κ1) is 12.8. The Kier molecular flexibility index (Phi) is 3.79. The first-order valence-corrected chi connectivity index (χ1v) is 5.71. The zero-order valence-corrected chi connectivity index (χ0v) is 10.5. The smallest absolute Gasteiger partial charge is 0.275 e. The van der Waals surface area contributed by atoms with Crippen LogP contribution in [0.4, 0.5) is 10.1 Å². The molecule has 0 radical (unpaired) electrons. The summed E-state index contributed by atoms with van der Waals surface area (Å²) in [5, 5.41) is 2.81. The number of aromatic nitrogens is 1. The van der Waals surface area contributed by atoms with Gasteiger partial charge >= 0.3 is 0 Å². The van der Waals surface area contributed by atoms with Crippen LogP contribution < -0.4 is 5.32 Å². The molecular formula is C12H7Cl2FN2O. The Morgan fingerprint density at radius 2 is 2.00 bits per heavy atom. The Hall–Kier alpha value is -1.65. The Labute approximate surface area is 113 Å². The van der Waals surface area contributed by atoms with Crippen molar-refractivity contribution >= 4 is 34.8 Å². The number of carbonyl (C=O) groups is 1. The molecule has 0 saturated carbocycles. The second kappa shape index (κ2) is 5.33. The number of benzene rings is 1. The normalized spacial score (nSPS) is 10.2. The Balaban J connectivity index is 2.24. The van der Waals surface area contributed by atoms with Crippen LogP contribution in [0.15, 0.2) is 36.4 Å². The van der Waals surface area contributed by atoms with E-state index in [0.717, 1.165) is 0 Å². The minimum Gasteiger partial charge on any atom is -0.321 e. The van der Waals surface area contributed by atoms with Crippen LogP contribution in [-0.2, 0) is 0 Å². The summed E-state index contributed by atoms with van der Waals surface area (Å²) in [5.41, 5.74) is 0.311. The predicted molar refractivity (Wildman–Crippen MR) is 68.6 cm³/mol. The topological polar surface area (TPSA) is 42.0 Å². The van der Waals surface area contributed by atoms with E-state index in [1.54, 1.807) is 6.07 Å². The summed E-state index contributed by atoms with van der Waals surface area (Å²) in [7, 11) is 0. The van der Waals surface area contributed by atoms with E-state index in [4.69, 9.17) is 23.2 Å². The molecule has 2 aromatic rings. The zero-order chi connectivity index (χ0) is 13.1. The van der Waals surface area contributed by atoms with Gasteiger partial charge < -0.3 is 5.32 Å². The highest BCUT2D eigenvalue weighted by Crippen LogP contribution is 2.18. The standard InChI is InChI=1S/C12H7Cl2FN2O/c13-9-4-5-10(14)17-11(9)12(18)16-8-3-1-2-7(15)6-8/h1-6H,(H,16,18). The molecule has 0 aliphatic carbocycles. The highest BCUT2D eigenvalue weighted by atomic mass is 35.5. The molecule has 6 heteroatoms. The van der Waals surface area contributed by atoms with Crippen LogP contribution in [0, 0.1) is 5.82 Å². The second-order valence-corrected chi connectivity index (χ2v) is 4.22. The van der Waals surface area contributed by atoms with Crippen molar-refractivity contribution in [3.8, 4) is 0 Å². The molecule has 1 heterocycles. The van der Waals surface area contributed by atoms with E-state index < -0.39 is 11.7 Å². The fourth-order valence-corrected chi connectivity index (χ4v) is 1.67. The van der Waals surface area contributed by atoms with E-state index in [1.165, 1.54) is 30.3 Å². The summed E-state index contributed by atoms with van der Waals surface area (Å²) in [6.07, 6.45) is 0. The second-order valence-electron chi connectivity index (χ2n) is 3.43. The first-order chi connectivity index (χ1) is 8.56. The number of nitrogens with one attached hydrogen (secondary N) is 1. The van der Waals surface area contributed by atoms with Crippen molar-refractivity contribution in [3.63, 3.8) is 0 Å². The molecule has 0 atom stereocenters. The quantitative estimate of drug-likeness (QED) is 0.853. The number of pyridine rings is 1. The number of anilines is 1. The van der Waals surface area contributed by atoms with Crippen molar-refractivity contribution in [1.29, 1.82) is 0 Å². The average Bonchev–Trinajstić information content (AvgIpc) is 2.32. The van der Waals surface area contributed by atoms with Gasteiger partial charge in [-0.3, -0.25) is 4.79 Å². The maximum atomic E-state index is 12.9. The van der Waals surface area contributed by atoms with Crippen molar-refractivity contribution in [1.82, 2.24) is 4.98 Å². The molecule has 0 saturated heterocycles. The molecule has 0 bridgehead atoms. The molecule has 1 amide bonds. The minimum atomic E-state index is -0.548. The van der Waals surface area contributed by atoms with Gasteiger partial charge in [-0.05, 0) is 30.3 Å². The van der Waals surface area contributed by atoms with Crippen LogP contribution in [0.3, 0.4) is 0 Å². The fourth-order valence-electron chi connectivity index (χ4n) is 1.33. The Morgan fingerprint density at radius 3 is 2.72 bits per heavy atom. The molecule has 2 rings (SSSR count). The van der Waals surface area contributed by atoms with Gasteiger partial charge in [0.05, 0.1) is 5.02 Å². The van der Waals surface area contributed by atoms with Gasteiger partial charge in [-0.1, -0.05) is 29.3 Å². The van der Waals surface area contributed by atoms with Crippen LogP contribution in [0.1, 0.15) is 10.5 Å². The van der Waals surface area contributed by atoms with Gasteiger partial charge in [0.25, 0.3) is 5.91 Å². The van der Waals surface area contributed by atoms with Crippen LogP contribution >= 0.6 is 23.2 Å². The molecule has 0 aliphatic rings. The molecule has 0 unspecified atom stereocenters. The molecular weight excluding hydrogens is 278 g/mol. The lowest BCUT2D eigenvalue weighted by molar-refractivity contribution is 0.102. The Morgan fingerprint density at radius 1 is 1.22 bits per heavy atom. The van der Waals surface area contributed by atoms with Gasteiger partial charge in [0.1, 0.15) is 16.7 Å². The molecule has 18 heavy (non-hydrogen) atoms. The lowest BCUT2D eigenvalue weighted by Crippen LogP contribution is -2.14. The predicted octanol–water partition coefficient (Wildman–Crippen LogP) is 3.78. The van der Waals surface area contributed by atoms with E-state index in [9.17, 15) is 9.18 Å². The number of hydrogen-bond donors (Lipinski definition) is 1. The highest BCUT2D eigenvalue weighted by Gasteiger charge is 2.13. The van der Waals surface area contributed by atoms with Crippen molar-refractivity contribution < 1.29 is 9.18 Å². The number of nitrogens with zero attached hydrogens (tertiary/aromatic N) is 1. The maximum absolute atomic E-state index is 12.9. The fraction of sp³-hybridized carbons (Fsp3) is 0. The molecule has 0 spiro atoms. The van der Waals surface area contributed by atoms with Gasteiger partial charge in [0, 0.05) is 5.69 Å². The number of halogens is 3. The minimum absolute atomic E-state index is 0.00609. The number of rotatable bonds is 2. The van der Waals surface area contributed by atoms with Crippen LogP contribution in [-0.4, -0.2) is 10.9 Å². The highest BCUT2D eigenvalue weighted by molar-refractivity contribution is 6.35. The summed E-state index contributed by atoms with van der Waals surface area (Å²) in [5.74, 6) is -0.994. The van der Waals surface area contributed by atoms with E-state index in [0.29, 0.717) is 5.69 Å². The lowest BCUT2D eigenvalue weighted by atomic mass is 10.3. The van der Waals surface area contributed by atoms with Crippen molar-refractivity contribution in [2.45, 2.75) is 0 Å². The van der Waals surface area contributed by atoms with Gasteiger partial charge in [0.2, 0.25) is 0 Å². The SMILES string of the molecule is O=C(Nc1cccc(F)c1)c1nc(Cl)ccc1Cl. The summed E-state index contributed by atoms with van der Waals surface area (Å²) in [6, 6.07) is 8.45. The van der Waals surface area contributed by atoms with Gasteiger partial charge in [0.15, 0.2) is 0 Å². The van der Waals surface area contributed by atoms with Crippen LogP contribution in [0.25, 0.3) is 0 Å². The summed E-state index contributed by atoms with van der Waals surface area (Å²) >= 11 is 11.5. The van der Waals surface area contributed by atoms with Crippen molar-refractivity contribution in [3.05, 3.63) is 58.1 Å². The van der Waals surface area contributed by atoms with Crippen LogP contribution in [0.2, 0.25) is 10.2 Å². The largest absolute Gasteiger partial charge is 0.321 e. The monoisotopic (exact) mass is 284 g/mol. The van der Waals surface area contributed by atoms with E-state index in [-0.39, 0.29) is 15.9 Å². The molecule has 1 aromatic carbocycles. The van der Waals surface area contributed by atoms with Gasteiger partial charge in [-0.2, -0.15) is 0 Å². The maximum Gasteiger partial charge on any atom is 0.275 e. The molecule has 1 aromatic heterocycles. The van der Waals surface area contributed by atoms with E-state index >= 15 is 0 Å². The molecule has 1 N–H and O–H groups in total. The van der Waals surface area contributed by atoms with E-state index in [2.05, 4.69) is 10.3 Å². The third kappa shape index (κ3) is 2.97. The summed E-state index contributed by atoms with van der Waals surface area (Å²) in [6.45, 7) is 0. The van der Waals surface area contributed by atoms with Crippen molar-refractivity contribution in [2.75, 3.05) is 5.32 Å². The van der Waals surface area contributed by atoms with Gasteiger partial charge in [-0.15, -0.1) is 0 Å². The molecule has 0 fully saturated rings. The average molecular weight is 285 g/mol. The van der Waals surface area contributed by atoms with Crippen molar-refractivity contribution in [2.24, 2.45) is 0 Å². The van der Waals surface area contributed by atoms with Crippen LogP contribution in [0.5, 0.6) is 0 Å². The first-order valence-electron chi connectivity index (χ1n) is 4.95. The third-order valence-corrected chi connectivity index (χ3v) is 2.63.